The van der Waals surface area contributed by atoms with E-state index in [2.05, 4.69) is 33.2 Å². The van der Waals surface area contributed by atoms with Gasteiger partial charge in [-0.05, 0) is 34.8 Å². The topological polar surface area (TPSA) is 24.4 Å². The molecule has 1 N–H and O–H groups in total. The molecule has 0 bridgehead atoms. The lowest BCUT2D eigenvalue weighted by Gasteiger charge is -2.24. The first kappa shape index (κ1) is 13.8. The van der Waals surface area contributed by atoms with E-state index in [0.717, 1.165) is 11.8 Å². The molecular weight excluding hydrogens is 322 g/mol. The minimum atomic E-state index is -0.628. The van der Waals surface area contributed by atoms with Crippen molar-refractivity contribution >= 4 is 38.5 Å². The van der Waals surface area contributed by atoms with Crippen LogP contribution in [-0.4, -0.2) is 17.0 Å². The fourth-order valence-corrected chi connectivity index (χ4v) is 3.16. The molecule has 1 aromatic rings. The highest BCUT2D eigenvalue weighted by Crippen LogP contribution is 2.30. The van der Waals surface area contributed by atoms with Crippen molar-refractivity contribution in [3.63, 3.8) is 0 Å². The summed E-state index contributed by atoms with van der Waals surface area (Å²) in [7, 11) is 0. The summed E-state index contributed by atoms with van der Waals surface area (Å²) in [4.78, 5) is 4.45. The Morgan fingerprint density at radius 1 is 1.39 bits per heavy atom. The molecule has 1 aromatic carbocycles. The van der Waals surface area contributed by atoms with Gasteiger partial charge < -0.3 is 5.32 Å². The van der Waals surface area contributed by atoms with Crippen LogP contribution in [0.5, 0.6) is 0 Å². The maximum absolute atomic E-state index is 13.6. The van der Waals surface area contributed by atoms with Crippen LogP contribution < -0.4 is 5.32 Å². The lowest BCUT2D eigenvalue weighted by Crippen LogP contribution is -2.25. The summed E-state index contributed by atoms with van der Waals surface area (Å²) in [6.45, 7) is 4.16. The monoisotopic (exact) mass is 334 g/mol. The van der Waals surface area contributed by atoms with Crippen molar-refractivity contribution in [3.8, 4) is 0 Å². The average Bonchev–Trinajstić information content (AvgIpc) is 2.28. The smallest absolute Gasteiger partial charge is 0.161 e. The summed E-state index contributed by atoms with van der Waals surface area (Å²) in [5, 5.41) is 3.59. The van der Waals surface area contributed by atoms with Gasteiger partial charge in [0.2, 0.25) is 0 Å². The van der Waals surface area contributed by atoms with Gasteiger partial charge in [-0.2, -0.15) is 0 Å². The van der Waals surface area contributed by atoms with Crippen LogP contribution in [0.2, 0.25) is 0 Å². The van der Waals surface area contributed by atoms with Gasteiger partial charge in [0.05, 0.1) is 11.7 Å². The van der Waals surface area contributed by atoms with E-state index in [4.69, 9.17) is 0 Å². The van der Waals surface area contributed by atoms with Gasteiger partial charge in [0.15, 0.2) is 11.0 Å². The normalized spacial score (nSPS) is 23.7. The van der Waals surface area contributed by atoms with E-state index in [1.807, 2.05) is 6.92 Å². The Morgan fingerprint density at radius 3 is 2.72 bits per heavy atom. The molecule has 2 nitrogen and oxygen atoms in total. The van der Waals surface area contributed by atoms with Crippen LogP contribution in [0, 0.1) is 17.6 Å². The molecule has 2 unspecified atom stereocenters. The number of benzene rings is 1. The third-order valence-electron chi connectivity index (χ3n) is 2.87. The number of nitrogens with zero attached hydrogens (tertiary/aromatic N) is 1. The maximum atomic E-state index is 13.6. The number of anilines is 1. The summed E-state index contributed by atoms with van der Waals surface area (Å²) in [5.41, 5.74) is 0.226. The molecule has 0 saturated carbocycles. The first-order chi connectivity index (χ1) is 8.47. The van der Waals surface area contributed by atoms with E-state index in [0.29, 0.717) is 15.6 Å². The van der Waals surface area contributed by atoms with E-state index in [1.165, 1.54) is 6.07 Å². The molecule has 0 spiro atoms. The number of nitrogens with one attached hydrogen (secondary N) is 1. The van der Waals surface area contributed by atoms with Gasteiger partial charge in [-0.3, -0.25) is 4.99 Å². The Bertz CT molecular complexity index is 470. The SMILES string of the molecule is CC1CSC(Nc2c(F)cc(F)cc2Br)=NC1C. The van der Waals surface area contributed by atoms with Crippen LogP contribution in [0.4, 0.5) is 14.5 Å². The Labute approximate surface area is 117 Å². The number of hydrogen-bond acceptors (Lipinski definition) is 3. The van der Waals surface area contributed by atoms with Crippen molar-refractivity contribution in [2.45, 2.75) is 19.9 Å². The first-order valence-corrected chi connectivity index (χ1v) is 7.37. The lowest BCUT2D eigenvalue weighted by molar-refractivity contribution is 0.537. The van der Waals surface area contributed by atoms with Crippen molar-refractivity contribution in [1.82, 2.24) is 0 Å². The summed E-state index contributed by atoms with van der Waals surface area (Å²) in [6.07, 6.45) is 0. The number of hydrogen-bond donors (Lipinski definition) is 1. The highest BCUT2D eigenvalue weighted by atomic mass is 79.9. The van der Waals surface area contributed by atoms with Gasteiger partial charge in [0.25, 0.3) is 0 Å². The van der Waals surface area contributed by atoms with E-state index in [1.54, 1.807) is 11.8 Å². The van der Waals surface area contributed by atoms with Crippen LogP contribution in [0.1, 0.15) is 13.8 Å². The molecule has 2 atom stereocenters. The predicted octanol–water partition coefficient (Wildman–Crippen LogP) is 4.27. The second-order valence-corrected chi connectivity index (χ2v) is 6.20. The van der Waals surface area contributed by atoms with Gasteiger partial charge in [-0.25, -0.2) is 8.78 Å². The summed E-state index contributed by atoms with van der Waals surface area (Å²) in [5.74, 6) is 0.205. The molecule has 2 rings (SSSR count). The fraction of sp³-hybridized carbons (Fsp3) is 0.417. The lowest BCUT2D eigenvalue weighted by atomic mass is 10.1. The van der Waals surface area contributed by atoms with Crippen LogP contribution >= 0.6 is 27.7 Å². The van der Waals surface area contributed by atoms with Crippen LogP contribution in [0.15, 0.2) is 21.6 Å². The van der Waals surface area contributed by atoms with Gasteiger partial charge >= 0.3 is 0 Å². The molecule has 0 saturated heterocycles. The van der Waals surface area contributed by atoms with E-state index < -0.39 is 11.6 Å². The molecule has 0 fully saturated rings. The number of thioether (sulfide) groups is 1. The van der Waals surface area contributed by atoms with E-state index >= 15 is 0 Å². The van der Waals surface area contributed by atoms with E-state index in [-0.39, 0.29) is 11.7 Å². The zero-order valence-corrected chi connectivity index (χ0v) is 12.4. The van der Waals surface area contributed by atoms with Crippen molar-refractivity contribution in [1.29, 1.82) is 0 Å². The molecule has 1 aliphatic rings. The third-order valence-corrected chi connectivity index (χ3v) is 4.66. The summed E-state index contributed by atoms with van der Waals surface area (Å²) in [6, 6.07) is 2.29. The van der Waals surface area contributed by atoms with Crippen molar-refractivity contribution in [3.05, 3.63) is 28.2 Å². The molecule has 1 heterocycles. The van der Waals surface area contributed by atoms with E-state index in [9.17, 15) is 8.78 Å². The minimum Gasteiger partial charge on any atom is -0.332 e. The van der Waals surface area contributed by atoms with Gasteiger partial charge in [-0.15, -0.1) is 0 Å². The van der Waals surface area contributed by atoms with Gasteiger partial charge in [0, 0.05) is 16.3 Å². The molecular formula is C12H13BrF2N2S. The second-order valence-electron chi connectivity index (χ2n) is 4.33. The van der Waals surface area contributed by atoms with Crippen LogP contribution in [0.25, 0.3) is 0 Å². The van der Waals surface area contributed by atoms with Crippen molar-refractivity contribution in [2.24, 2.45) is 10.9 Å². The van der Waals surface area contributed by atoms with Crippen LogP contribution in [-0.2, 0) is 0 Å². The predicted molar refractivity (Wildman–Crippen MR) is 76.2 cm³/mol. The number of rotatable bonds is 1. The minimum absolute atomic E-state index is 0.205. The first-order valence-electron chi connectivity index (χ1n) is 5.59. The highest BCUT2D eigenvalue weighted by Gasteiger charge is 2.20. The molecule has 1 aliphatic heterocycles. The number of aliphatic imine (C=N–C) groups is 1. The largest absolute Gasteiger partial charge is 0.332 e. The Balaban J connectivity index is 2.23. The van der Waals surface area contributed by atoms with Crippen molar-refractivity contribution in [2.75, 3.05) is 11.1 Å². The highest BCUT2D eigenvalue weighted by molar-refractivity contribution is 9.10. The molecule has 0 aromatic heterocycles. The fourth-order valence-electron chi connectivity index (χ4n) is 1.54. The summed E-state index contributed by atoms with van der Waals surface area (Å²) < 4.78 is 27.0. The Kier molecular flexibility index (Phi) is 4.27. The number of halogens is 3. The zero-order chi connectivity index (χ0) is 13.3. The standard InChI is InChI=1S/C12H13BrF2N2S/c1-6-5-18-12(16-7(6)2)17-11-9(13)3-8(14)4-10(11)15/h3-4,6-7H,5H2,1-2H3,(H,16,17). The van der Waals surface area contributed by atoms with Gasteiger partial charge in [-0.1, -0.05) is 18.7 Å². The zero-order valence-electron chi connectivity index (χ0n) is 10.0. The molecule has 0 radical (unpaired) electrons. The quantitative estimate of drug-likeness (QED) is 0.829. The molecule has 0 aliphatic carbocycles. The Morgan fingerprint density at radius 2 is 2.11 bits per heavy atom. The summed E-state index contributed by atoms with van der Waals surface area (Å²) >= 11 is 4.69. The second kappa shape index (κ2) is 5.57. The molecule has 6 heteroatoms. The number of amidine groups is 1. The van der Waals surface area contributed by atoms with Crippen molar-refractivity contribution < 1.29 is 8.78 Å². The average molecular weight is 335 g/mol. The molecule has 98 valence electrons. The third kappa shape index (κ3) is 3.03. The van der Waals surface area contributed by atoms with Crippen LogP contribution in [0.3, 0.4) is 0 Å². The maximum Gasteiger partial charge on any atom is 0.161 e. The Hall–Kier alpha value is -0.620. The molecule has 18 heavy (non-hydrogen) atoms. The molecule has 0 amide bonds. The van der Waals surface area contributed by atoms with Gasteiger partial charge in [0.1, 0.15) is 5.82 Å².